The van der Waals surface area contributed by atoms with Gasteiger partial charge in [0.05, 0.1) is 6.67 Å². The smallest absolute Gasteiger partial charge is 0.344 e. The maximum absolute atomic E-state index is 12.4. The number of carbonyl (C=O) groups excluding carboxylic acids is 2. The summed E-state index contributed by atoms with van der Waals surface area (Å²) in [6.07, 6.45) is 0.817. The summed E-state index contributed by atoms with van der Waals surface area (Å²) in [6, 6.07) is -0.364. The first-order valence-corrected chi connectivity index (χ1v) is 9.12. The Hall–Kier alpha value is -1.25. The van der Waals surface area contributed by atoms with E-state index in [2.05, 4.69) is 10.5 Å². The molecule has 1 aliphatic heterocycles. The van der Waals surface area contributed by atoms with Crippen molar-refractivity contribution in [2.24, 2.45) is 0 Å². The first-order chi connectivity index (χ1) is 12.0. The molecule has 1 rings (SSSR count). The highest BCUT2D eigenvalue weighted by Crippen LogP contribution is 2.26. The Morgan fingerprint density at radius 1 is 1.23 bits per heavy atom. The van der Waals surface area contributed by atoms with Crippen LogP contribution < -0.4 is 5.64 Å². The molecule has 1 fully saturated rings. The first-order valence-electron chi connectivity index (χ1n) is 9.12. The van der Waals surface area contributed by atoms with Gasteiger partial charge in [0.1, 0.15) is 11.6 Å². The van der Waals surface area contributed by atoms with Crippen molar-refractivity contribution < 1.29 is 28.4 Å². The van der Waals surface area contributed by atoms with Crippen LogP contribution in [-0.4, -0.2) is 53.3 Å². The minimum Gasteiger partial charge on any atom is -0.458 e. The molecule has 8 heteroatoms. The zero-order chi connectivity index (χ0) is 20.0. The van der Waals surface area contributed by atoms with Crippen LogP contribution in [0.4, 0.5) is 4.39 Å². The van der Waals surface area contributed by atoms with Gasteiger partial charge < -0.3 is 9.57 Å². The fourth-order valence-electron chi connectivity index (χ4n) is 2.86. The molecule has 0 aliphatic carbocycles. The summed E-state index contributed by atoms with van der Waals surface area (Å²) >= 11 is 0. The Labute approximate surface area is 155 Å². The van der Waals surface area contributed by atoms with Gasteiger partial charge in [-0.2, -0.15) is 0 Å². The summed E-state index contributed by atoms with van der Waals surface area (Å²) in [5, 5.41) is 0. The van der Waals surface area contributed by atoms with Crippen LogP contribution in [0.25, 0.3) is 0 Å². The van der Waals surface area contributed by atoms with Crippen LogP contribution in [0, 0.1) is 0 Å². The van der Waals surface area contributed by atoms with Crippen molar-refractivity contribution in [2.45, 2.75) is 90.5 Å². The number of nitrogens with one attached hydrogen (secondary N) is 1. The van der Waals surface area contributed by atoms with Crippen molar-refractivity contribution >= 4 is 11.9 Å². The van der Waals surface area contributed by atoms with Gasteiger partial charge in [-0.1, -0.05) is 0 Å². The SMILES string of the molecule is CC(C)(C)OC(=O)C(CCCF)ONOC(=O)[C@@H]1CCCN1C(C)(C)C. The van der Waals surface area contributed by atoms with E-state index in [-0.39, 0.29) is 24.4 Å². The van der Waals surface area contributed by atoms with Crippen LogP contribution in [-0.2, 0) is 24.0 Å². The summed E-state index contributed by atoms with van der Waals surface area (Å²) in [6.45, 7) is 11.5. The molecule has 1 N–H and O–H groups in total. The van der Waals surface area contributed by atoms with E-state index >= 15 is 0 Å². The fourth-order valence-corrected chi connectivity index (χ4v) is 2.86. The molecule has 0 radical (unpaired) electrons. The number of hydrogen-bond acceptors (Lipinski definition) is 7. The van der Waals surface area contributed by atoms with Crippen molar-refractivity contribution in [3.8, 4) is 0 Å². The third-order valence-corrected chi connectivity index (χ3v) is 3.99. The lowest BCUT2D eigenvalue weighted by Crippen LogP contribution is -2.49. The molecule has 0 spiro atoms. The topological polar surface area (TPSA) is 77.1 Å². The monoisotopic (exact) mass is 376 g/mol. The maximum atomic E-state index is 12.4. The van der Waals surface area contributed by atoms with Crippen LogP contribution >= 0.6 is 0 Å². The van der Waals surface area contributed by atoms with Gasteiger partial charge in [-0.25, -0.2) is 9.59 Å². The third-order valence-electron chi connectivity index (χ3n) is 3.99. The third kappa shape index (κ3) is 7.55. The molecule has 0 aromatic carbocycles. The second-order valence-corrected chi connectivity index (χ2v) is 8.50. The van der Waals surface area contributed by atoms with E-state index in [0.29, 0.717) is 6.42 Å². The Kier molecular flexibility index (Phi) is 8.43. The number of esters is 1. The molecule has 2 atom stereocenters. The zero-order valence-electron chi connectivity index (χ0n) is 16.8. The van der Waals surface area contributed by atoms with Crippen molar-refractivity contribution in [2.75, 3.05) is 13.2 Å². The van der Waals surface area contributed by atoms with Gasteiger partial charge >= 0.3 is 11.9 Å². The molecule has 1 unspecified atom stereocenters. The predicted molar refractivity (Wildman–Crippen MR) is 94.6 cm³/mol. The van der Waals surface area contributed by atoms with Crippen LogP contribution in [0.5, 0.6) is 0 Å². The van der Waals surface area contributed by atoms with Crippen LogP contribution in [0.1, 0.15) is 67.2 Å². The minimum absolute atomic E-state index is 0.119. The molecule has 0 amide bonds. The van der Waals surface area contributed by atoms with E-state index in [0.717, 1.165) is 13.0 Å². The molecular weight excluding hydrogens is 343 g/mol. The first kappa shape index (κ1) is 22.8. The van der Waals surface area contributed by atoms with E-state index in [9.17, 15) is 14.0 Å². The van der Waals surface area contributed by atoms with Gasteiger partial charge in [0.25, 0.3) is 0 Å². The molecule has 0 saturated carbocycles. The normalized spacial score (nSPS) is 20.0. The maximum Gasteiger partial charge on any atom is 0.344 e. The van der Waals surface area contributed by atoms with Crippen LogP contribution in [0.2, 0.25) is 0 Å². The molecule has 1 heterocycles. The van der Waals surface area contributed by atoms with E-state index in [1.165, 1.54) is 0 Å². The lowest BCUT2D eigenvalue weighted by Gasteiger charge is -2.35. The number of nitrogens with zero attached hydrogens (tertiary/aromatic N) is 1. The van der Waals surface area contributed by atoms with Gasteiger partial charge in [-0.3, -0.25) is 14.1 Å². The zero-order valence-corrected chi connectivity index (χ0v) is 16.8. The number of hydrogen-bond donors (Lipinski definition) is 1. The van der Waals surface area contributed by atoms with Gasteiger partial charge in [0.2, 0.25) is 0 Å². The summed E-state index contributed by atoms with van der Waals surface area (Å²) in [7, 11) is 0. The van der Waals surface area contributed by atoms with E-state index in [1.54, 1.807) is 20.8 Å². The molecule has 1 aliphatic rings. The second kappa shape index (κ2) is 9.62. The lowest BCUT2D eigenvalue weighted by atomic mass is 10.0. The van der Waals surface area contributed by atoms with Crippen molar-refractivity contribution in [3.63, 3.8) is 0 Å². The van der Waals surface area contributed by atoms with Crippen molar-refractivity contribution in [1.29, 1.82) is 0 Å². The molecule has 0 bridgehead atoms. The molecule has 152 valence electrons. The molecule has 0 aromatic heterocycles. The Balaban J connectivity index is 2.55. The minimum atomic E-state index is -1.06. The summed E-state index contributed by atoms with van der Waals surface area (Å²) in [5.74, 6) is -1.10. The Bertz CT molecular complexity index is 473. The predicted octanol–water partition coefficient (Wildman–Crippen LogP) is 2.69. The molecule has 7 nitrogen and oxygen atoms in total. The Morgan fingerprint density at radius 3 is 2.42 bits per heavy atom. The second-order valence-electron chi connectivity index (χ2n) is 8.50. The number of carbonyl (C=O) groups is 2. The van der Waals surface area contributed by atoms with Gasteiger partial charge in [-0.15, -0.1) is 0 Å². The number of rotatable bonds is 8. The largest absolute Gasteiger partial charge is 0.458 e. The number of alkyl halides is 1. The summed E-state index contributed by atoms with van der Waals surface area (Å²) in [5.41, 5.74) is 1.27. The number of halogens is 1. The number of likely N-dealkylation sites (tertiary alicyclic amines) is 1. The molecular formula is C18H33FN2O5. The highest BCUT2D eigenvalue weighted by molar-refractivity contribution is 5.76. The standard InChI is InChI=1S/C18H33FN2O5/c1-17(2,3)21-12-8-9-13(21)15(22)26-20-25-14(10-7-11-19)16(23)24-18(4,5)6/h13-14,20H,7-12H2,1-6H3/t13-,14?/m0/s1. The van der Waals surface area contributed by atoms with Crippen molar-refractivity contribution in [3.05, 3.63) is 0 Å². The fraction of sp³-hybridized carbons (Fsp3) is 0.889. The summed E-state index contributed by atoms with van der Waals surface area (Å²) in [4.78, 5) is 36.6. The highest BCUT2D eigenvalue weighted by Gasteiger charge is 2.38. The van der Waals surface area contributed by atoms with Crippen LogP contribution in [0.15, 0.2) is 0 Å². The average Bonchev–Trinajstić information content (AvgIpc) is 2.98. The Morgan fingerprint density at radius 2 is 1.88 bits per heavy atom. The van der Waals surface area contributed by atoms with E-state index < -0.39 is 30.3 Å². The van der Waals surface area contributed by atoms with Gasteiger partial charge in [-0.05, 0) is 79.4 Å². The lowest BCUT2D eigenvalue weighted by molar-refractivity contribution is -0.222. The number of ether oxygens (including phenoxy) is 1. The van der Waals surface area contributed by atoms with E-state index in [4.69, 9.17) is 14.4 Å². The molecule has 1 saturated heterocycles. The van der Waals surface area contributed by atoms with Gasteiger partial charge in [0, 0.05) is 5.54 Å². The summed E-state index contributed by atoms with van der Waals surface area (Å²) < 4.78 is 17.7. The van der Waals surface area contributed by atoms with Gasteiger partial charge in [0.15, 0.2) is 6.10 Å². The highest BCUT2D eigenvalue weighted by atomic mass is 19.1. The average molecular weight is 376 g/mol. The molecule has 26 heavy (non-hydrogen) atoms. The van der Waals surface area contributed by atoms with E-state index in [1.807, 2.05) is 20.8 Å². The van der Waals surface area contributed by atoms with Crippen molar-refractivity contribution in [1.82, 2.24) is 10.5 Å². The molecule has 0 aromatic rings. The quantitative estimate of drug-likeness (QED) is 0.515. The van der Waals surface area contributed by atoms with Crippen LogP contribution in [0.3, 0.4) is 0 Å².